The molecular weight excluding hydrogens is 342 g/mol. The summed E-state index contributed by atoms with van der Waals surface area (Å²) >= 11 is 6.11. The number of rotatable bonds is 4. The topological polar surface area (TPSA) is 72.5 Å². The predicted octanol–water partition coefficient (Wildman–Crippen LogP) is 5.14. The van der Waals surface area contributed by atoms with E-state index in [1.54, 1.807) is 52.3 Å². The van der Waals surface area contributed by atoms with Crippen molar-refractivity contribution in [2.24, 2.45) is 0 Å². The largest absolute Gasteiger partial charge is 0.495 e. The first kappa shape index (κ1) is 18.9. The Morgan fingerprint density at radius 1 is 1.24 bits per heavy atom. The maximum atomic E-state index is 11.8. The number of ether oxygens (including phenoxy) is 2. The van der Waals surface area contributed by atoms with Gasteiger partial charge in [0.05, 0.1) is 24.7 Å². The van der Waals surface area contributed by atoms with Gasteiger partial charge in [-0.15, -0.1) is 0 Å². The lowest BCUT2D eigenvalue weighted by Gasteiger charge is -2.19. The van der Waals surface area contributed by atoms with Gasteiger partial charge in [-0.2, -0.15) is 0 Å². The number of nitrogens with one attached hydrogen (secondary N) is 2. The molecule has 2 rings (SSSR count). The van der Waals surface area contributed by atoms with Crippen LogP contribution in [0.3, 0.4) is 0 Å². The molecule has 1 aromatic carbocycles. The highest BCUT2D eigenvalue weighted by molar-refractivity contribution is 6.31. The normalized spacial score (nSPS) is 11.0. The van der Waals surface area contributed by atoms with Crippen LogP contribution in [0.25, 0.3) is 0 Å². The van der Waals surface area contributed by atoms with E-state index in [1.807, 2.05) is 13.0 Å². The van der Waals surface area contributed by atoms with Crippen LogP contribution in [0.1, 0.15) is 26.3 Å². The molecule has 0 fully saturated rings. The summed E-state index contributed by atoms with van der Waals surface area (Å²) in [5.74, 6) is 1.23. The molecule has 0 saturated heterocycles. The van der Waals surface area contributed by atoms with Crippen LogP contribution in [-0.4, -0.2) is 23.8 Å². The molecule has 0 aliphatic heterocycles. The summed E-state index contributed by atoms with van der Waals surface area (Å²) in [5, 5.41) is 6.44. The van der Waals surface area contributed by atoms with Crippen LogP contribution in [-0.2, 0) is 4.74 Å². The average molecular weight is 364 g/mol. The minimum Gasteiger partial charge on any atom is -0.495 e. The van der Waals surface area contributed by atoms with Crippen LogP contribution in [0.4, 0.5) is 22.0 Å². The summed E-state index contributed by atoms with van der Waals surface area (Å²) in [6.45, 7) is 7.33. The summed E-state index contributed by atoms with van der Waals surface area (Å²) in [6, 6.07) is 7.11. The summed E-state index contributed by atoms with van der Waals surface area (Å²) in [4.78, 5) is 16.0. The molecule has 2 aromatic rings. The summed E-state index contributed by atoms with van der Waals surface area (Å²) in [7, 11) is 1.58. The lowest BCUT2D eigenvalue weighted by molar-refractivity contribution is 0.0636. The predicted molar refractivity (Wildman–Crippen MR) is 100 cm³/mol. The van der Waals surface area contributed by atoms with Crippen LogP contribution in [0.5, 0.6) is 5.75 Å². The number of anilines is 3. The Kier molecular flexibility index (Phi) is 5.74. The highest BCUT2D eigenvalue weighted by atomic mass is 35.5. The van der Waals surface area contributed by atoms with E-state index >= 15 is 0 Å². The number of amides is 1. The molecule has 0 radical (unpaired) electrons. The van der Waals surface area contributed by atoms with Crippen LogP contribution in [0.2, 0.25) is 5.02 Å². The number of hydrogen-bond acceptors (Lipinski definition) is 5. The maximum absolute atomic E-state index is 11.8. The molecule has 0 spiro atoms. The zero-order valence-corrected chi connectivity index (χ0v) is 15.7. The Balaban J connectivity index is 2.08. The molecule has 6 nitrogen and oxygen atoms in total. The van der Waals surface area contributed by atoms with Crippen LogP contribution in [0.15, 0.2) is 30.5 Å². The van der Waals surface area contributed by atoms with Crippen molar-refractivity contribution in [1.82, 2.24) is 4.98 Å². The molecule has 0 saturated carbocycles. The number of pyridine rings is 1. The third kappa shape index (κ3) is 5.53. The number of carbonyl (C=O) groups is 1. The van der Waals surface area contributed by atoms with Gasteiger partial charge in [-0.25, -0.2) is 9.78 Å². The fourth-order valence-electron chi connectivity index (χ4n) is 2.03. The Morgan fingerprint density at radius 3 is 2.52 bits per heavy atom. The molecule has 0 bridgehead atoms. The van der Waals surface area contributed by atoms with Gasteiger partial charge >= 0.3 is 6.09 Å². The number of halogens is 1. The Labute approximate surface area is 152 Å². The number of aryl methyl sites for hydroxylation is 1. The van der Waals surface area contributed by atoms with Gasteiger partial charge in [-0.05, 0) is 51.5 Å². The molecule has 1 aromatic heterocycles. The van der Waals surface area contributed by atoms with Gasteiger partial charge < -0.3 is 14.8 Å². The monoisotopic (exact) mass is 363 g/mol. The van der Waals surface area contributed by atoms with E-state index in [2.05, 4.69) is 15.6 Å². The zero-order chi connectivity index (χ0) is 18.6. The van der Waals surface area contributed by atoms with Crippen molar-refractivity contribution >= 4 is 34.9 Å². The van der Waals surface area contributed by atoms with Crippen molar-refractivity contribution in [3.05, 3.63) is 41.0 Å². The van der Waals surface area contributed by atoms with E-state index in [9.17, 15) is 4.79 Å². The smallest absolute Gasteiger partial charge is 0.412 e. The lowest BCUT2D eigenvalue weighted by Crippen LogP contribution is -2.27. The second-order valence-corrected chi connectivity index (χ2v) is 6.89. The van der Waals surface area contributed by atoms with Crippen molar-refractivity contribution < 1.29 is 14.3 Å². The number of nitrogens with zero attached hydrogens (tertiary/aromatic N) is 1. The summed E-state index contributed by atoms with van der Waals surface area (Å²) < 4.78 is 10.5. The average Bonchev–Trinajstić information content (AvgIpc) is 2.50. The number of carbonyl (C=O) groups excluding carboxylic acids is 1. The molecule has 1 heterocycles. The third-order valence-corrected chi connectivity index (χ3v) is 3.56. The number of benzene rings is 1. The summed E-state index contributed by atoms with van der Waals surface area (Å²) in [6.07, 6.45) is 1.02. The van der Waals surface area contributed by atoms with Crippen molar-refractivity contribution in [2.75, 3.05) is 17.7 Å². The van der Waals surface area contributed by atoms with Gasteiger partial charge in [0.1, 0.15) is 17.2 Å². The van der Waals surface area contributed by atoms with Crippen LogP contribution in [0, 0.1) is 6.92 Å². The second kappa shape index (κ2) is 7.61. The molecule has 7 heteroatoms. The fraction of sp³-hybridized carbons (Fsp3) is 0.333. The molecule has 0 unspecified atom stereocenters. The highest BCUT2D eigenvalue weighted by Gasteiger charge is 2.16. The van der Waals surface area contributed by atoms with Gasteiger partial charge in [-0.3, -0.25) is 5.32 Å². The van der Waals surface area contributed by atoms with Gasteiger partial charge in [0.2, 0.25) is 0 Å². The first-order valence-electron chi connectivity index (χ1n) is 7.75. The molecular formula is C18H22ClN3O3. The van der Waals surface area contributed by atoms with E-state index < -0.39 is 11.7 Å². The molecule has 0 atom stereocenters. The van der Waals surface area contributed by atoms with E-state index in [0.717, 1.165) is 11.3 Å². The van der Waals surface area contributed by atoms with Gasteiger partial charge in [0.15, 0.2) is 0 Å². The number of methoxy groups -OCH3 is 1. The van der Waals surface area contributed by atoms with Gasteiger partial charge in [0, 0.05) is 11.1 Å². The van der Waals surface area contributed by atoms with Gasteiger partial charge in [-0.1, -0.05) is 11.6 Å². The quantitative estimate of drug-likeness (QED) is 0.786. The van der Waals surface area contributed by atoms with E-state index in [1.165, 1.54) is 0 Å². The summed E-state index contributed by atoms with van der Waals surface area (Å²) in [5.41, 5.74) is 1.67. The molecule has 2 N–H and O–H groups in total. The minimum atomic E-state index is -0.554. The number of hydrogen-bond donors (Lipinski definition) is 2. The van der Waals surface area contributed by atoms with E-state index in [4.69, 9.17) is 21.1 Å². The van der Waals surface area contributed by atoms with Crippen molar-refractivity contribution in [2.45, 2.75) is 33.3 Å². The first-order valence-corrected chi connectivity index (χ1v) is 8.13. The van der Waals surface area contributed by atoms with E-state index in [0.29, 0.717) is 22.3 Å². The van der Waals surface area contributed by atoms with Crippen LogP contribution >= 0.6 is 11.6 Å². The molecule has 134 valence electrons. The fourth-order valence-corrected chi connectivity index (χ4v) is 2.18. The van der Waals surface area contributed by atoms with E-state index in [-0.39, 0.29) is 0 Å². The Bertz CT molecular complexity index is 755. The zero-order valence-electron chi connectivity index (χ0n) is 14.9. The van der Waals surface area contributed by atoms with Crippen molar-refractivity contribution in [1.29, 1.82) is 0 Å². The lowest BCUT2D eigenvalue weighted by atomic mass is 10.2. The third-order valence-electron chi connectivity index (χ3n) is 3.15. The molecule has 1 amide bonds. The maximum Gasteiger partial charge on any atom is 0.412 e. The Hall–Kier alpha value is -2.47. The van der Waals surface area contributed by atoms with Gasteiger partial charge in [0.25, 0.3) is 0 Å². The second-order valence-electron chi connectivity index (χ2n) is 6.49. The molecule has 0 aliphatic rings. The number of aromatic nitrogens is 1. The standard InChI is InChI=1S/C18H22ClN3O3/c1-11-8-14(15(24-5)9-13(11)19)22-16-7-6-12(10-20-16)21-17(23)25-18(2,3)4/h6-10H,1-5H3,(H,20,22)(H,21,23). The minimum absolute atomic E-state index is 0.523. The van der Waals surface area contributed by atoms with Crippen LogP contribution < -0.4 is 15.4 Å². The molecule has 25 heavy (non-hydrogen) atoms. The first-order chi connectivity index (χ1) is 11.7. The van der Waals surface area contributed by atoms with Crippen molar-refractivity contribution in [3.8, 4) is 5.75 Å². The van der Waals surface area contributed by atoms with Crippen molar-refractivity contribution in [3.63, 3.8) is 0 Å². The molecule has 0 aliphatic carbocycles. The SMILES string of the molecule is COc1cc(Cl)c(C)cc1Nc1ccc(NC(=O)OC(C)(C)C)cn1. The highest BCUT2D eigenvalue weighted by Crippen LogP contribution is 2.32. The Morgan fingerprint density at radius 2 is 1.96 bits per heavy atom.